The number of carbonyl (C=O) groups excluding carboxylic acids is 2. The highest BCUT2D eigenvalue weighted by atomic mass is 19.1. The standard InChI is InChI=1S/C43H64F2N6O9/c1-40(2,3)36(38(57)58)50-20-18-49(27-35(54)55)17-16-48(19-22-51(23-21-50)43(39(59)60,41(4,5)6)42(7,8)9)26-34(53)46-14-15-47-37(56)31-24-28(10-13-33(31)52)30-12-11-29(44)25-32(30)45/h10-13,24-25,36,52H,14-23,26-27H2,1-9H3,(H,46,53)(H,47,56)(H,54,55)(H,57,58)(H,59,60). The molecule has 1 aliphatic rings. The van der Waals surface area contributed by atoms with Gasteiger partial charge in [0.15, 0.2) is 0 Å². The van der Waals surface area contributed by atoms with Gasteiger partial charge in [-0.2, -0.15) is 0 Å². The van der Waals surface area contributed by atoms with Gasteiger partial charge in [0.25, 0.3) is 5.91 Å². The van der Waals surface area contributed by atoms with Gasteiger partial charge < -0.3 is 31.1 Å². The van der Waals surface area contributed by atoms with Crippen LogP contribution >= 0.6 is 0 Å². The molecule has 0 bridgehead atoms. The number of benzene rings is 2. The van der Waals surface area contributed by atoms with E-state index in [1.54, 1.807) is 9.80 Å². The summed E-state index contributed by atoms with van der Waals surface area (Å²) < 4.78 is 27.9. The molecule has 1 fully saturated rings. The molecule has 1 saturated heterocycles. The largest absolute Gasteiger partial charge is 0.507 e. The number of halogens is 2. The summed E-state index contributed by atoms with van der Waals surface area (Å²) in [4.78, 5) is 72.0. The van der Waals surface area contributed by atoms with Gasteiger partial charge in [0.1, 0.15) is 29.0 Å². The van der Waals surface area contributed by atoms with Crippen LogP contribution in [0.1, 0.15) is 72.7 Å². The minimum atomic E-state index is -1.46. The second kappa shape index (κ2) is 20.2. The van der Waals surface area contributed by atoms with Crippen molar-refractivity contribution in [2.24, 2.45) is 16.2 Å². The minimum Gasteiger partial charge on any atom is -0.507 e. The van der Waals surface area contributed by atoms with Crippen LogP contribution in [0.25, 0.3) is 11.1 Å². The third-order valence-corrected chi connectivity index (χ3v) is 11.1. The number of phenols is 1. The third-order valence-electron chi connectivity index (χ3n) is 11.1. The second-order valence-electron chi connectivity index (χ2n) is 18.6. The molecule has 2 amide bonds. The minimum absolute atomic E-state index is 0.00670. The van der Waals surface area contributed by atoms with Crippen molar-refractivity contribution in [1.82, 2.24) is 30.2 Å². The van der Waals surface area contributed by atoms with Crippen molar-refractivity contribution < 1.29 is 53.2 Å². The van der Waals surface area contributed by atoms with Gasteiger partial charge in [0.05, 0.1) is 18.7 Å². The van der Waals surface area contributed by atoms with Crippen LogP contribution < -0.4 is 10.6 Å². The van der Waals surface area contributed by atoms with E-state index in [0.29, 0.717) is 6.07 Å². The number of carbonyl (C=O) groups is 5. The van der Waals surface area contributed by atoms with E-state index in [-0.39, 0.29) is 101 Å². The van der Waals surface area contributed by atoms with E-state index in [1.165, 1.54) is 24.3 Å². The summed E-state index contributed by atoms with van der Waals surface area (Å²) in [5.74, 6) is -6.21. The molecule has 0 radical (unpaired) electrons. The van der Waals surface area contributed by atoms with Crippen LogP contribution in [0.3, 0.4) is 0 Å². The van der Waals surface area contributed by atoms with Crippen LogP contribution in [0, 0.1) is 27.9 Å². The van der Waals surface area contributed by atoms with Gasteiger partial charge in [-0.1, -0.05) is 68.4 Å². The molecule has 1 aliphatic heterocycles. The molecule has 2 aromatic rings. The highest BCUT2D eigenvalue weighted by molar-refractivity contribution is 5.98. The molecule has 0 spiro atoms. The molecule has 334 valence electrons. The Morgan fingerprint density at radius 1 is 0.700 bits per heavy atom. The molecule has 3 rings (SSSR count). The molecule has 1 atom stereocenters. The van der Waals surface area contributed by atoms with E-state index in [1.807, 2.05) is 72.1 Å². The van der Waals surface area contributed by atoms with E-state index in [4.69, 9.17) is 0 Å². The molecule has 0 aliphatic carbocycles. The van der Waals surface area contributed by atoms with Crippen LogP contribution in [-0.4, -0.2) is 160 Å². The first kappa shape index (κ1) is 49.7. The lowest BCUT2D eigenvalue weighted by Crippen LogP contribution is -2.71. The number of nitrogens with zero attached hydrogens (tertiary/aromatic N) is 4. The average Bonchev–Trinajstić information content (AvgIpc) is 3.09. The summed E-state index contributed by atoms with van der Waals surface area (Å²) in [6.45, 7) is 17.7. The Bertz CT molecular complexity index is 1840. The number of hydrogen-bond acceptors (Lipinski definition) is 10. The Morgan fingerprint density at radius 3 is 1.77 bits per heavy atom. The lowest BCUT2D eigenvalue weighted by molar-refractivity contribution is -0.177. The molecular formula is C43H64F2N6O9. The normalized spacial score (nSPS) is 16.9. The number of phenolic OH excluding ortho intramolecular Hbond substituents is 1. The van der Waals surface area contributed by atoms with Crippen LogP contribution in [0.2, 0.25) is 0 Å². The van der Waals surface area contributed by atoms with Gasteiger partial charge in [-0.15, -0.1) is 0 Å². The molecule has 2 aromatic carbocycles. The van der Waals surface area contributed by atoms with E-state index < -0.39 is 69.2 Å². The number of aliphatic carboxylic acids is 3. The zero-order chi connectivity index (χ0) is 45.4. The van der Waals surface area contributed by atoms with E-state index in [2.05, 4.69) is 10.6 Å². The summed E-state index contributed by atoms with van der Waals surface area (Å²) >= 11 is 0. The first-order valence-corrected chi connectivity index (χ1v) is 20.2. The zero-order valence-corrected chi connectivity index (χ0v) is 36.4. The maximum absolute atomic E-state index is 14.4. The van der Waals surface area contributed by atoms with Gasteiger partial charge in [-0.25, -0.2) is 8.78 Å². The van der Waals surface area contributed by atoms with Gasteiger partial charge in [0.2, 0.25) is 5.91 Å². The fourth-order valence-electron chi connectivity index (χ4n) is 8.88. The molecule has 17 heteroatoms. The number of aromatic hydroxyl groups is 1. The predicted octanol–water partition coefficient (Wildman–Crippen LogP) is 3.90. The maximum Gasteiger partial charge on any atom is 0.325 e. The summed E-state index contributed by atoms with van der Waals surface area (Å²) in [6, 6.07) is 5.96. The molecule has 0 aromatic heterocycles. The lowest BCUT2D eigenvalue weighted by atomic mass is 9.59. The third kappa shape index (κ3) is 12.4. The highest BCUT2D eigenvalue weighted by Crippen LogP contribution is 2.48. The van der Waals surface area contributed by atoms with E-state index in [0.717, 1.165) is 6.07 Å². The van der Waals surface area contributed by atoms with Gasteiger partial charge >= 0.3 is 17.9 Å². The summed E-state index contributed by atoms with van der Waals surface area (Å²) in [5, 5.41) is 47.1. The Balaban J connectivity index is 1.86. The molecule has 0 saturated carbocycles. The van der Waals surface area contributed by atoms with Crippen LogP contribution in [-0.2, 0) is 19.2 Å². The van der Waals surface area contributed by atoms with Gasteiger partial charge in [0, 0.05) is 77.1 Å². The number of amides is 2. The Hall–Kier alpha value is -4.71. The Morgan fingerprint density at radius 2 is 1.23 bits per heavy atom. The number of nitrogens with one attached hydrogen (secondary N) is 2. The van der Waals surface area contributed by atoms with Crippen molar-refractivity contribution in [3.05, 3.63) is 53.6 Å². The van der Waals surface area contributed by atoms with Crippen LogP contribution in [0.15, 0.2) is 36.4 Å². The second-order valence-corrected chi connectivity index (χ2v) is 18.6. The topological polar surface area (TPSA) is 203 Å². The number of carboxylic acid groups (broad SMARTS) is 3. The zero-order valence-electron chi connectivity index (χ0n) is 36.4. The lowest BCUT2D eigenvalue weighted by Gasteiger charge is -2.57. The molecular weight excluding hydrogens is 783 g/mol. The molecule has 60 heavy (non-hydrogen) atoms. The Labute approximate surface area is 351 Å². The fourth-order valence-corrected chi connectivity index (χ4v) is 8.88. The van der Waals surface area contributed by atoms with E-state index in [9.17, 15) is 53.2 Å². The smallest absolute Gasteiger partial charge is 0.325 e. The van der Waals surface area contributed by atoms with Crippen molar-refractivity contribution in [3.63, 3.8) is 0 Å². The molecule has 6 N–H and O–H groups in total. The SMILES string of the molecule is CC(C)(C)C(C(=O)O)N1CCN(CC(=O)O)CCN(CC(=O)NCCNC(=O)c2cc(-c3ccc(F)cc3F)ccc2O)CCN(C(C(=O)O)(C(C)(C)C)C(C)(C)C)CC1. The van der Waals surface area contributed by atoms with Gasteiger partial charge in [-0.05, 0) is 46.1 Å². The first-order valence-electron chi connectivity index (χ1n) is 20.2. The number of hydrogen-bond donors (Lipinski definition) is 6. The highest BCUT2D eigenvalue weighted by Gasteiger charge is 2.60. The van der Waals surface area contributed by atoms with Crippen molar-refractivity contribution in [2.75, 3.05) is 78.5 Å². The fraction of sp³-hybridized carbons (Fsp3) is 0.605. The maximum atomic E-state index is 14.4. The Kier molecular flexibility index (Phi) is 16.7. The quantitative estimate of drug-likeness (QED) is 0.159. The van der Waals surface area contributed by atoms with Crippen molar-refractivity contribution in [3.8, 4) is 16.9 Å². The number of rotatable bonds is 13. The van der Waals surface area contributed by atoms with Crippen molar-refractivity contribution in [2.45, 2.75) is 73.9 Å². The molecule has 1 heterocycles. The average molecular weight is 847 g/mol. The summed E-state index contributed by atoms with van der Waals surface area (Å²) in [7, 11) is 0. The first-order chi connectivity index (χ1) is 27.7. The number of carboxylic acids is 3. The molecule has 15 nitrogen and oxygen atoms in total. The molecule has 1 unspecified atom stereocenters. The summed E-state index contributed by atoms with van der Waals surface area (Å²) in [5.41, 5.74) is -3.69. The van der Waals surface area contributed by atoms with Crippen LogP contribution in [0.5, 0.6) is 5.75 Å². The van der Waals surface area contributed by atoms with Crippen molar-refractivity contribution in [1.29, 1.82) is 0 Å². The van der Waals surface area contributed by atoms with Crippen LogP contribution in [0.4, 0.5) is 8.78 Å². The monoisotopic (exact) mass is 846 g/mol. The van der Waals surface area contributed by atoms with E-state index >= 15 is 0 Å². The predicted molar refractivity (Wildman–Crippen MR) is 223 cm³/mol. The van der Waals surface area contributed by atoms with Crippen molar-refractivity contribution >= 4 is 29.7 Å². The summed E-state index contributed by atoms with van der Waals surface area (Å²) in [6.07, 6.45) is 0. The van der Waals surface area contributed by atoms with Gasteiger partial charge in [-0.3, -0.25) is 43.6 Å².